The standard InChI is InChI=1S/C16H15ClF2N2O3/c1-23-15-8-12(3-5-14(15)24-16(18)19)13(22)4-2-11-9-20-21(10-11)7-6-17/h2-5,8-10,16H,6-7H2,1H3. The van der Waals surface area contributed by atoms with Crippen LogP contribution < -0.4 is 9.47 Å². The van der Waals surface area contributed by atoms with Crippen LogP contribution >= 0.6 is 11.6 Å². The molecule has 2 rings (SSSR count). The van der Waals surface area contributed by atoms with Gasteiger partial charge >= 0.3 is 6.61 Å². The molecule has 0 atom stereocenters. The third-order valence-electron chi connectivity index (χ3n) is 3.06. The van der Waals surface area contributed by atoms with Gasteiger partial charge in [-0.3, -0.25) is 9.48 Å². The molecule has 5 nitrogen and oxygen atoms in total. The Balaban J connectivity index is 2.12. The van der Waals surface area contributed by atoms with Crippen LogP contribution in [0.5, 0.6) is 11.5 Å². The number of aromatic nitrogens is 2. The van der Waals surface area contributed by atoms with Crippen molar-refractivity contribution < 1.29 is 23.0 Å². The number of ether oxygens (including phenoxy) is 2. The predicted octanol–water partition coefficient (Wildman–Crippen LogP) is 3.63. The van der Waals surface area contributed by atoms with E-state index in [0.717, 1.165) is 5.56 Å². The van der Waals surface area contributed by atoms with Gasteiger partial charge in [0.1, 0.15) is 0 Å². The lowest BCUT2D eigenvalue weighted by molar-refractivity contribution is -0.0512. The van der Waals surface area contributed by atoms with E-state index in [9.17, 15) is 13.6 Å². The van der Waals surface area contributed by atoms with E-state index in [1.165, 1.54) is 31.4 Å². The first-order valence-corrected chi connectivity index (χ1v) is 7.50. The Kier molecular flexibility index (Phi) is 6.31. The second kappa shape index (κ2) is 8.44. The molecule has 0 amide bonds. The molecular formula is C16H15ClF2N2O3. The van der Waals surface area contributed by atoms with Gasteiger partial charge in [-0.05, 0) is 30.4 Å². The zero-order valence-corrected chi connectivity index (χ0v) is 13.5. The van der Waals surface area contributed by atoms with E-state index in [1.54, 1.807) is 23.2 Å². The quantitative estimate of drug-likeness (QED) is 0.412. The third kappa shape index (κ3) is 4.79. The fraction of sp³-hybridized carbons (Fsp3) is 0.250. The largest absolute Gasteiger partial charge is 0.493 e. The van der Waals surface area contributed by atoms with Crippen LogP contribution in [0, 0.1) is 0 Å². The summed E-state index contributed by atoms with van der Waals surface area (Å²) in [5.74, 6) is 0.0678. The maximum Gasteiger partial charge on any atom is 0.387 e. The second-order valence-corrected chi connectivity index (χ2v) is 5.05. The lowest BCUT2D eigenvalue weighted by Crippen LogP contribution is -2.04. The van der Waals surface area contributed by atoms with Crippen molar-refractivity contribution in [3.8, 4) is 11.5 Å². The summed E-state index contributed by atoms with van der Waals surface area (Å²) in [5.41, 5.74) is 1.04. The van der Waals surface area contributed by atoms with E-state index in [2.05, 4.69) is 9.84 Å². The Bertz CT molecular complexity index is 732. The number of allylic oxidation sites excluding steroid dienone is 1. The number of nitrogens with zero attached hydrogens (tertiary/aromatic N) is 2. The summed E-state index contributed by atoms with van der Waals surface area (Å²) in [5, 5.41) is 4.09. The van der Waals surface area contributed by atoms with Crippen LogP contribution in [0.25, 0.3) is 6.08 Å². The molecule has 0 aliphatic heterocycles. The highest BCUT2D eigenvalue weighted by Crippen LogP contribution is 2.29. The third-order valence-corrected chi connectivity index (χ3v) is 3.23. The number of rotatable bonds is 8. The summed E-state index contributed by atoms with van der Waals surface area (Å²) in [6, 6.07) is 4.01. The normalized spacial score (nSPS) is 11.2. The van der Waals surface area contributed by atoms with Crippen molar-refractivity contribution in [3.63, 3.8) is 0 Å². The zero-order chi connectivity index (χ0) is 17.5. The molecule has 2 aromatic rings. The minimum Gasteiger partial charge on any atom is -0.493 e. The van der Waals surface area contributed by atoms with Gasteiger partial charge in [-0.15, -0.1) is 11.6 Å². The number of carbonyl (C=O) groups is 1. The first-order valence-electron chi connectivity index (χ1n) is 6.97. The van der Waals surface area contributed by atoms with Crippen molar-refractivity contribution in [2.75, 3.05) is 13.0 Å². The number of aryl methyl sites for hydroxylation is 1. The molecule has 0 saturated carbocycles. The summed E-state index contributed by atoms with van der Waals surface area (Å²) in [7, 11) is 1.31. The highest BCUT2D eigenvalue weighted by molar-refractivity contribution is 6.17. The average molecular weight is 357 g/mol. The molecule has 8 heteroatoms. The maximum atomic E-state index is 12.3. The first kappa shape index (κ1) is 17.9. The number of methoxy groups -OCH3 is 1. The molecule has 0 fully saturated rings. The van der Waals surface area contributed by atoms with Gasteiger partial charge in [0.15, 0.2) is 17.3 Å². The van der Waals surface area contributed by atoms with E-state index >= 15 is 0 Å². The number of alkyl halides is 3. The van der Waals surface area contributed by atoms with Crippen LogP contribution in [-0.2, 0) is 6.54 Å². The van der Waals surface area contributed by atoms with E-state index in [1.807, 2.05) is 0 Å². The highest BCUT2D eigenvalue weighted by atomic mass is 35.5. The van der Waals surface area contributed by atoms with E-state index in [-0.39, 0.29) is 22.8 Å². The molecule has 0 bridgehead atoms. The maximum absolute atomic E-state index is 12.3. The fourth-order valence-corrected chi connectivity index (χ4v) is 2.13. The molecule has 0 spiro atoms. The molecule has 0 radical (unpaired) electrons. The van der Waals surface area contributed by atoms with E-state index in [4.69, 9.17) is 16.3 Å². The minimum atomic E-state index is -2.97. The smallest absolute Gasteiger partial charge is 0.387 e. The van der Waals surface area contributed by atoms with Crippen LogP contribution in [-0.4, -0.2) is 35.2 Å². The predicted molar refractivity (Wildman–Crippen MR) is 85.9 cm³/mol. The summed E-state index contributed by atoms with van der Waals surface area (Å²) < 4.78 is 35.5. The molecular weight excluding hydrogens is 342 g/mol. The van der Waals surface area contributed by atoms with Gasteiger partial charge in [-0.1, -0.05) is 0 Å². The van der Waals surface area contributed by atoms with Crippen molar-refractivity contribution in [2.24, 2.45) is 0 Å². The van der Waals surface area contributed by atoms with Crippen molar-refractivity contribution in [2.45, 2.75) is 13.2 Å². The van der Waals surface area contributed by atoms with Gasteiger partial charge in [-0.2, -0.15) is 13.9 Å². The molecule has 1 aromatic carbocycles. The van der Waals surface area contributed by atoms with Crippen LogP contribution in [0.2, 0.25) is 0 Å². The Labute approximate surface area is 142 Å². The number of ketones is 1. The lowest BCUT2D eigenvalue weighted by atomic mass is 10.1. The number of halogens is 3. The fourth-order valence-electron chi connectivity index (χ4n) is 1.96. The number of hydrogen-bond acceptors (Lipinski definition) is 4. The Hall–Kier alpha value is -2.41. The molecule has 0 N–H and O–H groups in total. The lowest BCUT2D eigenvalue weighted by Gasteiger charge is -2.10. The molecule has 128 valence electrons. The molecule has 0 aliphatic carbocycles. The monoisotopic (exact) mass is 356 g/mol. The minimum absolute atomic E-state index is 0.0597. The zero-order valence-electron chi connectivity index (χ0n) is 12.8. The molecule has 0 unspecified atom stereocenters. The second-order valence-electron chi connectivity index (χ2n) is 4.67. The van der Waals surface area contributed by atoms with Gasteiger partial charge < -0.3 is 9.47 Å². The van der Waals surface area contributed by atoms with Crippen molar-refractivity contribution in [1.29, 1.82) is 0 Å². The topological polar surface area (TPSA) is 53.3 Å². The number of benzene rings is 1. The van der Waals surface area contributed by atoms with Gasteiger partial charge in [-0.25, -0.2) is 0 Å². The van der Waals surface area contributed by atoms with Gasteiger partial charge in [0.25, 0.3) is 0 Å². The average Bonchev–Trinajstić information content (AvgIpc) is 3.00. The summed E-state index contributed by atoms with van der Waals surface area (Å²) in [6.07, 6.45) is 6.34. The summed E-state index contributed by atoms with van der Waals surface area (Å²) in [6.45, 7) is -2.39. The Morgan fingerprint density at radius 2 is 2.21 bits per heavy atom. The molecule has 0 saturated heterocycles. The van der Waals surface area contributed by atoms with Crippen molar-refractivity contribution in [3.05, 3.63) is 47.8 Å². The van der Waals surface area contributed by atoms with Crippen molar-refractivity contribution >= 4 is 23.5 Å². The molecule has 1 heterocycles. The van der Waals surface area contributed by atoms with E-state index in [0.29, 0.717) is 12.4 Å². The first-order chi connectivity index (χ1) is 11.5. The van der Waals surface area contributed by atoms with Crippen molar-refractivity contribution in [1.82, 2.24) is 9.78 Å². The number of hydrogen-bond donors (Lipinski definition) is 0. The number of carbonyl (C=O) groups excluding carboxylic acids is 1. The summed E-state index contributed by atoms with van der Waals surface area (Å²) >= 11 is 5.62. The Morgan fingerprint density at radius 1 is 1.42 bits per heavy atom. The van der Waals surface area contributed by atoms with Crippen LogP contribution in [0.1, 0.15) is 15.9 Å². The molecule has 24 heavy (non-hydrogen) atoms. The van der Waals surface area contributed by atoms with Gasteiger partial charge in [0, 0.05) is 23.2 Å². The van der Waals surface area contributed by atoms with Crippen LogP contribution in [0.4, 0.5) is 8.78 Å². The van der Waals surface area contributed by atoms with Gasteiger partial charge in [0.2, 0.25) is 0 Å². The van der Waals surface area contributed by atoms with Crippen LogP contribution in [0.15, 0.2) is 36.7 Å². The molecule has 1 aromatic heterocycles. The Morgan fingerprint density at radius 3 is 2.88 bits per heavy atom. The van der Waals surface area contributed by atoms with E-state index < -0.39 is 6.61 Å². The highest BCUT2D eigenvalue weighted by Gasteiger charge is 2.13. The van der Waals surface area contributed by atoms with Crippen LogP contribution in [0.3, 0.4) is 0 Å². The SMILES string of the molecule is COc1cc(C(=O)C=Cc2cnn(CCCl)c2)ccc1OC(F)F. The summed E-state index contributed by atoms with van der Waals surface area (Å²) in [4.78, 5) is 12.2. The van der Waals surface area contributed by atoms with Gasteiger partial charge in [0.05, 0.1) is 19.9 Å². The molecule has 0 aliphatic rings.